The van der Waals surface area contributed by atoms with Gasteiger partial charge in [-0.2, -0.15) is 5.10 Å². The van der Waals surface area contributed by atoms with E-state index in [1.165, 1.54) is 6.20 Å². The van der Waals surface area contributed by atoms with Gasteiger partial charge in [0.15, 0.2) is 5.78 Å². The van der Waals surface area contributed by atoms with E-state index in [0.717, 1.165) is 0 Å². The smallest absolute Gasteiger partial charge is 0.182 e. The van der Waals surface area contributed by atoms with Gasteiger partial charge in [-0.3, -0.25) is 9.48 Å². The molecular formula is C12H19ClN2O3. The Morgan fingerprint density at radius 3 is 2.89 bits per heavy atom. The van der Waals surface area contributed by atoms with Crippen LogP contribution in [0, 0.1) is 0 Å². The molecule has 1 rings (SSSR count). The molecule has 0 fully saturated rings. The Balaban J connectivity index is 2.68. The molecule has 0 aliphatic carbocycles. The fraction of sp³-hybridized carbons (Fsp3) is 0.667. The minimum absolute atomic E-state index is 0.0162. The van der Waals surface area contributed by atoms with Crippen LogP contribution in [0.1, 0.15) is 30.3 Å². The number of aromatic nitrogens is 2. The van der Waals surface area contributed by atoms with E-state index in [-0.39, 0.29) is 11.9 Å². The summed E-state index contributed by atoms with van der Waals surface area (Å²) < 4.78 is 11.7. The first kappa shape index (κ1) is 15.1. The fourth-order valence-electron chi connectivity index (χ4n) is 1.56. The van der Waals surface area contributed by atoms with Crippen molar-refractivity contribution in [2.45, 2.75) is 32.4 Å². The second kappa shape index (κ2) is 7.51. The summed E-state index contributed by atoms with van der Waals surface area (Å²) in [5.74, 6) is -0.0162. The molecule has 1 unspecified atom stereocenters. The maximum Gasteiger partial charge on any atom is 0.182 e. The van der Waals surface area contributed by atoms with Crippen LogP contribution in [0.15, 0.2) is 6.20 Å². The zero-order chi connectivity index (χ0) is 13.5. The number of hydrogen-bond acceptors (Lipinski definition) is 4. The summed E-state index contributed by atoms with van der Waals surface area (Å²) in [5, 5.41) is 4.46. The number of carbonyl (C=O) groups excluding carboxylic acids is 1. The lowest BCUT2D eigenvalue weighted by Gasteiger charge is -2.10. The molecule has 1 atom stereocenters. The van der Waals surface area contributed by atoms with Crippen LogP contribution in [-0.4, -0.2) is 42.5 Å². The van der Waals surface area contributed by atoms with Crippen molar-refractivity contribution >= 4 is 17.4 Å². The Bertz CT molecular complexity index is 393. The molecule has 0 spiro atoms. The first-order valence-corrected chi connectivity index (χ1v) is 6.24. The Kier molecular flexibility index (Phi) is 6.32. The van der Waals surface area contributed by atoms with E-state index < -0.39 is 0 Å². The zero-order valence-electron chi connectivity index (χ0n) is 11.0. The second-order valence-electron chi connectivity index (χ2n) is 4.07. The molecule has 6 heteroatoms. The number of halogens is 1. The molecule has 1 aromatic heterocycles. The van der Waals surface area contributed by atoms with Crippen LogP contribution in [0.4, 0.5) is 0 Å². The van der Waals surface area contributed by atoms with Crippen molar-refractivity contribution < 1.29 is 14.3 Å². The largest absolute Gasteiger partial charge is 0.383 e. The number of ketones is 1. The minimum atomic E-state index is -0.0162. The quantitative estimate of drug-likeness (QED) is 0.682. The summed E-state index contributed by atoms with van der Waals surface area (Å²) in [5.41, 5.74) is 0.456. The lowest BCUT2D eigenvalue weighted by Crippen LogP contribution is -2.15. The summed E-state index contributed by atoms with van der Waals surface area (Å²) in [4.78, 5) is 12.1. The van der Waals surface area contributed by atoms with Gasteiger partial charge in [0.2, 0.25) is 0 Å². The SMILES string of the molecule is COCCn1ncc(Cl)c1C(=O)CCC(C)OC. The molecule has 5 nitrogen and oxygen atoms in total. The molecule has 0 radical (unpaired) electrons. The van der Waals surface area contributed by atoms with Crippen molar-refractivity contribution in [3.63, 3.8) is 0 Å². The molecule has 0 saturated heterocycles. The van der Waals surface area contributed by atoms with Gasteiger partial charge in [0.1, 0.15) is 5.69 Å². The summed E-state index contributed by atoms with van der Waals surface area (Å²) in [6.07, 6.45) is 2.61. The minimum Gasteiger partial charge on any atom is -0.383 e. The standard InChI is InChI=1S/C12H19ClN2O3/c1-9(18-3)4-5-11(16)12-10(13)8-14-15(12)6-7-17-2/h8-9H,4-7H2,1-3H3. The topological polar surface area (TPSA) is 53.4 Å². The summed E-state index contributed by atoms with van der Waals surface area (Å²) in [6, 6.07) is 0. The average molecular weight is 275 g/mol. The number of carbonyl (C=O) groups is 1. The van der Waals surface area contributed by atoms with Gasteiger partial charge < -0.3 is 9.47 Å². The third-order valence-corrected chi connectivity index (χ3v) is 3.02. The number of rotatable bonds is 8. The van der Waals surface area contributed by atoms with Crippen molar-refractivity contribution in [1.82, 2.24) is 9.78 Å². The third kappa shape index (κ3) is 4.08. The van der Waals surface area contributed by atoms with Crippen molar-refractivity contribution in [3.05, 3.63) is 16.9 Å². The van der Waals surface area contributed by atoms with Gasteiger partial charge in [-0.05, 0) is 13.3 Å². The van der Waals surface area contributed by atoms with E-state index in [2.05, 4.69) is 5.10 Å². The zero-order valence-corrected chi connectivity index (χ0v) is 11.7. The normalized spacial score (nSPS) is 12.7. The molecule has 18 heavy (non-hydrogen) atoms. The van der Waals surface area contributed by atoms with Crippen LogP contribution in [-0.2, 0) is 16.0 Å². The summed E-state index contributed by atoms with van der Waals surface area (Å²) in [7, 11) is 3.23. The molecule has 1 aromatic rings. The lowest BCUT2D eigenvalue weighted by molar-refractivity contribution is 0.0867. The number of methoxy groups -OCH3 is 2. The van der Waals surface area contributed by atoms with Crippen LogP contribution < -0.4 is 0 Å². The lowest BCUT2D eigenvalue weighted by atomic mass is 10.1. The number of Topliss-reactive ketones (excluding diaryl/α,β-unsaturated/α-hetero) is 1. The van der Waals surface area contributed by atoms with E-state index in [4.69, 9.17) is 21.1 Å². The van der Waals surface area contributed by atoms with Crippen molar-refractivity contribution in [3.8, 4) is 0 Å². The van der Waals surface area contributed by atoms with Crippen molar-refractivity contribution in [2.75, 3.05) is 20.8 Å². The van der Waals surface area contributed by atoms with Gasteiger partial charge in [0.25, 0.3) is 0 Å². The van der Waals surface area contributed by atoms with Crippen molar-refractivity contribution in [2.24, 2.45) is 0 Å². The Hall–Kier alpha value is -0.910. The van der Waals surface area contributed by atoms with E-state index in [9.17, 15) is 4.79 Å². The third-order valence-electron chi connectivity index (χ3n) is 2.75. The molecule has 0 N–H and O–H groups in total. The molecule has 0 aliphatic rings. The molecule has 0 aliphatic heterocycles. The molecule has 0 saturated carbocycles. The monoisotopic (exact) mass is 274 g/mol. The van der Waals surface area contributed by atoms with Crippen LogP contribution in [0.3, 0.4) is 0 Å². The van der Waals surface area contributed by atoms with Crippen LogP contribution in [0.25, 0.3) is 0 Å². The predicted molar refractivity (Wildman–Crippen MR) is 69.1 cm³/mol. The Morgan fingerprint density at radius 1 is 1.56 bits per heavy atom. The van der Waals surface area contributed by atoms with E-state index in [1.807, 2.05) is 6.92 Å². The molecule has 0 bridgehead atoms. The highest BCUT2D eigenvalue weighted by Crippen LogP contribution is 2.18. The van der Waals surface area contributed by atoms with E-state index in [1.54, 1.807) is 18.9 Å². The molecule has 0 amide bonds. The first-order chi connectivity index (χ1) is 8.60. The van der Waals surface area contributed by atoms with E-state index >= 15 is 0 Å². The van der Waals surface area contributed by atoms with Crippen LogP contribution in [0.2, 0.25) is 5.02 Å². The first-order valence-electron chi connectivity index (χ1n) is 5.86. The molecule has 102 valence electrons. The number of ether oxygens (including phenoxy) is 2. The van der Waals surface area contributed by atoms with Gasteiger partial charge in [0, 0.05) is 20.6 Å². The van der Waals surface area contributed by atoms with Gasteiger partial charge in [-0.15, -0.1) is 0 Å². The molecule has 1 heterocycles. The maximum absolute atomic E-state index is 12.1. The van der Waals surface area contributed by atoms with Gasteiger partial charge in [0.05, 0.1) is 30.5 Å². The molecule has 0 aromatic carbocycles. The Labute approximate surface area is 112 Å². The van der Waals surface area contributed by atoms with Crippen molar-refractivity contribution in [1.29, 1.82) is 0 Å². The fourth-order valence-corrected chi connectivity index (χ4v) is 1.80. The summed E-state index contributed by atoms with van der Waals surface area (Å²) >= 11 is 5.99. The highest BCUT2D eigenvalue weighted by Gasteiger charge is 2.17. The highest BCUT2D eigenvalue weighted by molar-refractivity contribution is 6.33. The van der Waals surface area contributed by atoms with E-state index in [0.29, 0.717) is 36.7 Å². The predicted octanol–water partition coefficient (Wildman–Crippen LogP) is 2.18. The average Bonchev–Trinajstić information content (AvgIpc) is 2.74. The van der Waals surface area contributed by atoms with Gasteiger partial charge in [-0.25, -0.2) is 0 Å². The second-order valence-corrected chi connectivity index (χ2v) is 4.47. The number of nitrogens with zero attached hydrogens (tertiary/aromatic N) is 2. The van der Waals surface area contributed by atoms with Crippen LogP contribution >= 0.6 is 11.6 Å². The highest BCUT2D eigenvalue weighted by atomic mass is 35.5. The van der Waals surface area contributed by atoms with Gasteiger partial charge in [-0.1, -0.05) is 11.6 Å². The maximum atomic E-state index is 12.1. The van der Waals surface area contributed by atoms with Crippen LogP contribution in [0.5, 0.6) is 0 Å². The number of hydrogen-bond donors (Lipinski definition) is 0. The molecular weight excluding hydrogens is 256 g/mol. The van der Waals surface area contributed by atoms with Gasteiger partial charge >= 0.3 is 0 Å². The summed E-state index contributed by atoms with van der Waals surface area (Å²) in [6.45, 7) is 2.94. The Morgan fingerprint density at radius 2 is 2.28 bits per heavy atom.